The van der Waals surface area contributed by atoms with Crippen molar-refractivity contribution in [3.05, 3.63) is 78.2 Å². The smallest absolute Gasteiger partial charge is 0.257 e. The van der Waals surface area contributed by atoms with E-state index < -0.39 is 0 Å². The molecular weight excluding hydrogens is 634 g/mol. The summed E-state index contributed by atoms with van der Waals surface area (Å²) in [5, 5.41) is 20.2. The maximum atomic E-state index is 6.48. The Labute approximate surface area is 283 Å². The first kappa shape index (κ1) is 31.9. The first-order chi connectivity index (χ1) is 23.6. The highest BCUT2D eigenvalue weighted by Crippen LogP contribution is 2.41. The van der Waals surface area contributed by atoms with Crippen molar-refractivity contribution in [3.63, 3.8) is 0 Å². The number of pyridine rings is 1. The molecule has 0 amide bonds. The number of halogens is 1. The second-order valence-corrected chi connectivity index (χ2v) is 12.5. The summed E-state index contributed by atoms with van der Waals surface area (Å²) >= 11 is 6.48. The Hall–Kier alpha value is -4.66. The number of nitrogens with zero attached hydrogens (tertiary/aromatic N) is 10. The molecular formula is C33H38ClN11O3. The van der Waals surface area contributed by atoms with Crippen molar-refractivity contribution in [2.24, 2.45) is 0 Å². The summed E-state index contributed by atoms with van der Waals surface area (Å²) in [6.45, 7) is 5.87. The minimum absolute atomic E-state index is 0.213. The number of aromatic nitrogens is 9. The molecule has 0 spiro atoms. The molecule has 2 aliphatic rings. The molecule has 0 radical (unpaired) electrons. The summed E-state index contributed by atoms with van der Waals surface area (Å²) in [6.07, 6.45) is 14.2. The average Bonchev–Trinajstić information content (AvgIpc) is 3.80. The topological polar surface area (TPSA) is 143 Å². The van der Waals surface area contributed by atoms with Crippen LogP contribution in [-0.4, -0.2) is 82.2 Å². The van der Waals surface area contributed by atoms with Gasteiger partial charge in [0.2, 0.25) is 5.95 Å². The van der Waals surface area contributed by atoms with Gasteiger partial charge in [0.05, 0.1) is 36.7 Å². The van der Waals surface area contributed by atoms with Gasteiger partial charge in [-0.25, -0.2) is 19.3 Å². The minimum Gasteiger partial charge on any atom is -0.487 e. The molecule has 1 unspecified atom stereocenters. The third-order valence-corrected chi connectivity index (χ3v) is 9.08. The fourth-order valence-electron chi connectivity index (χ4n) is 6.39. The Morgan fingerprint density at radius 1 is 1.02 bits per heavy atom. The first-order valence-corrected chi connectivity index (χ1v) is 16.7. The lowest BCUT2D eigenvalue weighted by atomic mass is 9.87. The Bertz CT molecular complexity index is 1760. The Morgan fingerprint density at radius 2 is 1.85 bits per heavy atom. The first-order valence-electron chi connectivity index (χ1n) is 16.3. The van der Waals surface area contributed by atoms with Gasteiger partial charge in [0.15, 0.2) is 0 Å². The summed E-state index contributed by atoms with van der Waals surface area (Å²) in [5.74, 6) is 1.45. The lowest BCUT2D eigenvalue weighted by Gasteiger charge is -2.47. The molecule has 5 heterocycles. The van der Waals surface area contributed by atoms with E-state index in [4.69, 9.17) is 30.9 Å². The van der Waals surface area contributed by atoms with Crippen molar-refractivity contribution in [1.29, 1.82) is 0 Å². The Kier molecular flexibility index (Phi) is 9.72. The quantitative estimate of drug-likeness (QED) is 0.188. The van der Waals surface area contributed by atoms with Gasteiger partial charge in [0.25, 0.3) is 5.88 Å². The standard InChI is InChI=1S/C33H38ClN11O3/c1-24(20-44-23-38-41-42-44)48-30-17-25(8-9-28(30)34)26-18-36-32(37-19-26)39-29-21-45(40-31(29)47-22-27-7-3-6-12-35-27)33(10-4-2-5-11-33)43-13-15-46-16-14-43/h3,6-9,12,17-19,21,23-24H,2,4-5,10-11,13-16,20,22H2,1H3,(H,36,37,39). The highest BCUT2D eigenvalue weighted by molar-refractivity contribution is 6.32. The second kappa shape index (κ2) is 14.6. The number of morpholine rings is 1. The number of anilines is 2. The third-order valence-electron chi connectivity index (χ3n) is 8.77. The molecule has 1 aromatic carbocycles. The highest BCUT2D eigenvalue weighted by atomic mass is 35.5. The fraction of sp³-hybridized carbons (Fsp3) is 0.424. The molecule has 4 aromatic heterocycles. The van der Waals surface area contributed by atoms with Crippen LogP contribution in [0.25, 0.3) is 11.1 Å². The van der Waals surface area contributed by atoms with Crippen LogP contribution in [0.2, 0.25) is 5.02 Å². The molecule has 1 atom stereocenters. The maximum Gasteiger partial charge on any atom is 0.257 e. The van der Waals surface area contributed by atoms with E-state index in [2.05, 4.69) is 45.4 Å². The Morgan fingerprint density at radius 3 is 2.60 bits per heavy atom. The summed E-state index contributed by atoms with van der Waals surface area (Å²) in [5.41, 5.74) is 2.94. The largest absolute Gasteiger partial charge is 0.487 e. The van der Waals surface area contributed by atoms with Crippen LogP contribution in [0.3, 0.4) is 0 Å². The van der Waals surface area contributed by atoms with Crippen LogP contribution in [0.4, 0.5) is 11.6 Å². The molecule has 2 fully saturated rings. The van der Waals surface area contributed by atoms with Gasteiger partial charge in [-0.05, 0) is 72.9 Å². The van der Waals surface area contributed by atoms with Gasteiger partial charge < -0.3 is 19.5 Å². The summed E-state index contributed by atoms with van der Waals surface area (Å²) in [6, 6.07) is 11.4. The van der Waals surface area contributed by atoms with Gasteiger partial charge in [0, 0.05) is 37.2 Å². The fourth-order valence-corrected chi connectivity index (χ4v) is 6.56. The molecule has 15 heteroatoms. The van der Waals surface area contributed by atoms with Crippen LogP contribution >= 0.6 is 11.6 Å². The normalized spacial score (nSPS) is 17.1. The molecule has 1 saturated heterocycles. The second-order valence-electron chi connectivity index (χ2n) is 12.1. The van der Waals surface area contributed by atoms with E-state index >= 15 is 0 Å². The van der Waals surface area contributed by atoms with Crippen LogP contribution in [0, 0.1) is 0 Å². The van der Waals surface area contributed by atoms with Crippen molar-refractivity contribution in [1.82, 2.24) is 49.8 Å². The number of hydrogen-bond donors (Lipinski definition) is 1. The van der Waals surface area contributed by atoms with E-state index in [0.29, 0.717) is 34.8 Å². The summed E-state index contributed by atoms with van der Waals surface area (Å²) in [4.78, 5) is 16.2. The van der Waals surface area contributed by atoms with Crippen LogP contribution in [0.5, 0.6) is 11.6 Å². The van der Waals surface area contributed by atoms with Crippen molar-refractivity contribution >= 4 is 23.2 Å². The van der Waals surface area contributed by atoms with E-state index in [1.54, 1.807) is 35.7 Å². The van der Waals surface area contributed by atoms with E-state index in [0.717, 1.165) is 68.8 Å². The van der Waals surface area contributed by atoms with Crippen molar-refractivity contribution < 1.29 is 14.2 Å². The lowest BCUT2D eigenvalue weighted by Crippen LogP contribution is -2.56. The number of nitrogens with one attached hydrogen (secondary N) is 1. The molecule has 1 N–H and O–H groups in total. The molecule has 7 rings (SSSR count). The van der Waals surface area contributed by atoms with E-state index in [9.17, 15) is 0 Å². The van der Waals surface area contributed by atoms with Crippen LogP contribution in [0.15, 0.2) is 67.5 Å². The van der Waals surface area contributed by atoms with Gasteiger partial charge >= 0.3 is 0 Å². The predicted molar refractivity (Wildman–Crippen MR) is 178 cm³/mol. The van der Waals surface area contributed by atoms with E-state index in [1.807, 2.05) is 43.5 Å². The number of hydrogen-bond acceptors (Lipinski definition) is 12. The molecule has 1 saturated carbocycles. The van der Waals surface area contributed by atoms with E-state index in [-0.39, 0.29) is 18.4 Å². The lowest BCUT2D eigenvalue weighted by molar-refractivity contribution is -0.0836. The Balaban J connectivity index is 1.12. The van der Waals surface area contributed by atoms with Gasteiger partial charge in [0.1, 0.15) is 36.1 Å². The average molecular weight is 672 g/mol. The van der Waals surface area contributed by atoms with Gasteiger partial charge in [-0.2, -0.15) is 0 Å². The molecule has 5 aromatic rings. The van der Waals surface area contributed by atoms with Crippen LogP contribution in [-0.2, 0) is 23.6 Å². The summed E-state index contributed by atoms with van der Waals surface area (Å²) < 4.78 is 21.8. The number of rotatable bonds is 12. The van der Waals surface area contributed by atoms with Crippen molar-refractivity contribution in [3.8, 4) is 22.8 Å². The van der Waals surface area contributed by atoms with Gasteiger partial charge in [-0.1, -0.05) is 30.2 Å². The molecule has 1 aliphatic heterocycles. The van der Waals surface area contributed by atoms with E-state index in [1.165, 1.54) is 6.42 Å². The zero-order valence-electron chi connectivity index (χ0n) is 26.8. The predicted octanol–water partition coefficient (Wildman–Crippen LogP) is 5.11. The zero-order valence-corrected chi connectivity index (χ0v) is 27.5. The van der Waals surface area contributed by atoms with Crippen LogP contribution in [0.1, 0.15) is 44.7 Å². The molecule has 48 heavy (non-hydrogen) atoms. The van der Waals surface area contributed by atoms with Crippen molar-refractivity contribution in [2.45, 2.75) is 63.9 Å². The molecule has 1 aliphatic carbocycles. The van der Waals surface area contributed by atoms with Crippen LogP contribution < -0.4 is 14.8 Å². The minimum atomic E-state index is -0.242. The maximum absolute atomic E-state index is 6.48. The number of benzene rings is 1. The SMILES string of the molecule is CC(Cn1cnnn1)Oc1cc(-c2cnc(Nc3cn(C4(N5CCOCC5)CCCCC4)nc3OCc3ccccn3)nc2)ccc1Cl. The summed E-state index contributed by atoms with van der Waals surface area (Å²) in [7, 11) is 0. The van der Waals surface area contributed by atoms with Gasteiger partial charge in [-0.15, -0.1) is 10.2 Å². The molecule has 14 nitrogen and oxygen atoms in total. The number of ether oxygens (including phenoxy) is 3. The highest BCUT2D eigenvalue weighted by Gasteiger charge is 2.42. The zero-order chi connectivity index (χ0) is 32.8. The van der Waals surface area contributed by atoms with Gasteiger partial charge in [-0.3, -0.25) is 9.88 Å². The molecule has 250 valence electrons. The monoisotopic (exact) mass is 671 g/mol. The molecule has 0 bridgehead atoms. The number of tetrazole rings is 1. The van der Waals surface area contributed by atoms with Crippen molar-refractivity contribution in [2.75, 3.05) is 31.6 Å². The third kappa shape index (κ3) is 7.25.